The van der Waals surface area contributed by atoms with Gasteiger partial charge in [0.05, 0.1) is 25.2 Å². The first-order valence-electron chi connectivity index (χ1n) is 24.9. The average Bonchev–Trinajstić information content (AvgIpc) is 3.24. The number of aliphatic hydroxyl groups excluding tert-OH is 2. The van der Waals surface area contributed by atoms with Crippen LogP contribution < -0.4 is 5.32 Å². The van der Waals surface area contributed by atoms with E-state index >= 15 is 0 Å². The van der Waals surface area contributed by atoms with Crippen molar-refractivity contribution in [2.75, 3.05) is 6.61 Å². The third kappa shape index (κ3) is 41.8. The van der Waals surface area contributed by atoms with Crippen molar-refractivity contribution in [3.8, 4) is 0 Å². The van der Waals surface area contributed by atoms with Gasteiger partial charge in [0, 0.05) is 6.42 Å². The second kappa shape index (κ2) is 47.1. The molecule has 0 bridgehead atoms. The molecule has 3 N–H and O–H groups in total. The predicted octanol–water partition coefficient (Wildman–Crippen LogP) is 14.8. The van der Waals surface area contributed by atoms with Crippen LogP contribution in [0.3, 0.4) is 0 Å². The Balaban J connectivity index is 4.71. The highest BCUT2D eigenvalue weighted by atomic mass is 16.5. The van der Waals surface area contributed by atoms with E-state index in [0.717, 1.165) is 70.6 Å². The summed E-state index contributed by atoms with van der Waals surface area (Å²) in [6, 6.07) is -0.722. The molecular formula is C54H93NO5. The number of aliphatic hydroxyl groups is 2. The zero-order valence-corrected chi connectivity index (χ0v) is 39.1. The smallest absolute Gasteiger partial charge is 0.306 e. The molecule has 0 aliphatic carbocycles. The second-order valence-corrected chi connectivity index (χ2v) is 16.6. The summed E-state index contributed by atoms with van der Waals surface area (Å²) in [5.74, 6) is -0.560. The lowest BCUT2D eigenvalue weighted by Crippen LogP contribution is -2.46. The van der Waals surface area contributed by atoms with E-state index in [1.54, 1.807) is 0 Å². The van der Waals surface area contributed by atoms with Crippen LogP contribution in [0.25, 0.3) is 0 Å². The van der Waals surface area contributed by atoms with Crippen molar-refractivity contribution in [2.24, 2.45) is 0 Å². The van der Waals surface area contributed by atoms with Crippen LogP contribution in [0, 0.1) is 0 Å². The van der Waals surface area contributed by atoms with Crippen LogP contribution in [-0.2, 0) is 14.3 Å². The SMILES string of the molecule is CC\C=C/C=C/C=C/C=C\C=C\C=C\CCCCCC(=O)OC(CCC/C=C\CCCCCCCCC)CC(=O)NC(CO)C(O)CCCCCCCCCCCCCC. The first-order valence-corrected chi connectivity index (χ1v) is 24.9. The number of unbranched alkanes of at least 4 members (excludes halogenated alkanes) is 22. The summed E-state index contributed by atoms with van der Waals surface area (Å²) in [6.07, 6.45) is 60.7. The van der Waals surface area contributed by atoms with Gasteiger partial charge in [-0.25, -0.2) is 0 Å². The zero-order valence-electron chi connectivity index (χ0n) is 39.1. The van der Waals surface area contributed by atoms with Crippen molar-refractivity contribution >= 4 is 11.9 Å². The lowest BCUT2D eigenvalue weighted by Gasteiger charge is -2.24. The molecule has 60 heavy (non-hydrogen) atoms. The maximum atomic E-state index is 13.2. The summed E-state index contributed by atoms with van der Waals surface area (Å²) in [4.78, 5) is 26.1. The highest BCUT2D eigenvalue weighted by Gasteiger charge is 2.24. The molecule has 0 rings (SSSR count). The molecule has 0 aromatic heterocycles. The van der Waals surface area contributed by atoms with Gasteiger partial charge in [0.2, 0.25) is 5.91 Å². The molecule has 0 saturated carbocycles. The Labute approximate surface area is 370 Å². The average molecular weight is 836 g/mol. The van der Waals surface area contributed by atoms with Gasteiger partial charge in [-0.2, -0.15) is 0 Å². The van der Waals surface area contributed by atoms with Crippen LogP contribution in [-0.4, -0.2) is 46.9 Å². The van der Waals surface area contributed by atoms with Gasteiger partial charge >= 0.3 is 5.97 Å². The highest BCUT2D eigenvalue weighted by Crippen LogP contribution is 2.16. The van der Waals surface area contributed by atoms with E-state index in [9.17, 15) is 19.8 Å². The number of ether oxygens (including phenoxy) is 1. The van der Waals surface area contributed by atoms with E-state index in [0.29, 0.717) is 19.3 Å². The Bertz CT molecular complexity index is 1160. The standard InChI is InChI=1S/C54H93NO5/c1-4-7-10-13-16-19-22-25-26-27-28-29-32-35-38-41-44-47-54(59)60-50(45-42-39-36-33-30-23-20-17-14-11-8-5-2)48-53(58)55-51(49-56)52(57)46-43-40-37-34-31-24-21-18-15-12-9-6-3/h7,10,13,16,19,22,25-29,32-33,36,50-52,56-57H,4-6,8-9,11-12,14-15,17-18,20-21,23-24,30-31,34-35,37-49H2,1-3H3,(H,55,58)/b10-7-,16-13+,22-19+,26-25-,28-27+,32-29+,36-33-. The van der Waals surface area contributed by atoms with Crippen molar-refractivity contribution in [3.63, 3.8) is 0 Å². The Morgan fingerprint density at radius 1 is 0.500 bits per heavy atom. The van der Waals surface area contributed by atoms with Crippen molar-refractivity contribution < 1.29 is 24.5 Å². The molecule has 344 valence electrons. The quantitative estimate of drug-likeness (QED) is 0.0246. The minimum Gasteiger partial charge on any atom is -0.462 e. The molecule has 0 aliphatic rings. The van der Waals surface area contributed by atoms with Gasteiger partial charge in [0.25, 0.3) is 0 Å². The molecule has 1 amide bonds. The topological polar surface area (TPSA) is 95.9 Å². The zero-order chi connectivity index (χ0) is 43.8. The minimum atomic E-state index is -0.805. The van der Waals surface area contributed by atoms with Crippen molar-refractivity contribution in [3.05, 3.63) is 85.1 Å². The predicted molar refractivity (Wildman–Crippen MR) is 259 cm³/mol. The van der Waals surface area contributed by atoms with Crippen molar-refractivity contribution in [2.45, 2.75) is 238 Å². The number of carbonyl (C=O) groups excluding carboxylic acids is 2. The molecule has 3 atom stereocenters. The van der Waals surface area contributed by atoms with Crippen LogP contribution in [0.15, 0.2) is 85.1 Å². The third-order valence-corrected chi connectivity index (χ3v) is 10.9. The molecule has 0 radical (unpaired) electrons. The maximum absolute atomic E-state index is 13.2. The first kappa shape index (κ1) is 57.0. The Morgan fingerprint density at radius 2 is 0.933 bits per heavy atom. The fraction of sp³-hybridized carbons (Fsp3) is 0.704. The normalized spacial score (nSPS) is 14.0. The van der Waals surface area contributed by atoms with E-state index in [1.165, 1.54) is 103 Å². The fourth-order valence-corrected chi connectivity index (χ4v) is 7.11. The van der Waals surface area contributed by atoms with Gasteiger partial charge < -0.3 is 20.3 Å². The second-order valence-electron chi connectivity index (χ2n) is 16.6. The Kier molecular flexibility index (Phi) is 44.8. The van der Waals surface area contributed by atoms with Gasteiger partial charge in [0.15, 0.2) is 0 Å². The van der Waals surface area contributed by atoms with Gasteiger partial charge in [-0.05, 0) is 64.2 Å². The van der Waals surface area contributed by atoms with Crippen molar-refractivity contribution in [1.82, 2.24) is 5.32 Å². The summed E-state index contributed by atoms with van der Waals surface area (Å²) >= 11 is 0. The van der Waals surface area contributed by atoms with Gasteiger partial charge in [0.1, 0.15) is 6.10 Å². The van der Waals surface area contributed by atoms with E-state index in [1.807, 2.05) is 54.7 Å². The van der Waals surface area contributed by atoms with Gasteiger partial charge in [-0.15, -0.1) is 0 Å². The molecule has 0 aromatic carbocycles. The van der Waals surface area contributed by atoms with E-state index in [2.05, 4.69) is 56.5 Å². The summed E-state index contributed by atoms with van der Waals surface area (Å²) in [5, 5.41) is 23.7. The molecule has 0 aliphatic heterocycles. The fourth-order valence-electron chi connectivity index (χ4n) is 7.11. The molecule has 0 heterocycles. The van der Waals surface area contributed by atoms with E-state index in [4.69, 9.17) is 4.74 Å². The Hall–Kier alpha value is -2.96. The largest absolute Gasteiger partial charge is 0.462 e. The molecule has 6 heteroatoms. The first-order chi connectivity index (χ1) is 29.5. The monoisotopic (exact) mass is 836 g/mol. The van der Waals surface area contributed by atoms with Gasteiger partial charge in [-0.1, -0.05) is 228 Å². The number of rotatable bonds is 43. The lowest BCUT2D eigenvalue weighted by molar-refractivity contribution is -0.151. The number of esters is 1. The molecule has 0 saturated heterocycles. The summed E-state index contributed by atoms with van der Waals surface area (Å²) in [6.45, 7) is 6.30. The van der Waals surface area contributed by atoms with E-state index in [-0.39, 0.29) is 24.9 Å². The molecule has 0 spiro atoms. The van der Waals surface area contributed by atoms with Crippen LogP contribution >= 0.6 is 0 Å². The van der Waals surface area contributed by atoms with Crippen LogP contribution in [0.4, 0.5) is 0 Å². The number of nitrogens with one attached hydrogen (secondary N) is 1. The van der Waals surface area contributed by atoms with Crippen molar-refractivity contribution in [1.29, 1.82) is 0 Å². The number of hydrogen-bond donors (Lipinski definition) is 3. The Morgan fingerprint density at radius 3 is 1.45 bits per heavy atom. The summed E-state index contributed by atoms with van der Waals surface area (Å²) < 4.78 is 5.88. The summed E-state index contributed by atoms with van der Waals surface area (Å²) in [7, 11) is 0. The minimum absolute atomic E-state index is 0.0345. The molecular weight excluding hydrogens is 743 g/mol. The molecule has 0 fully saturated rings. The number of hydrogen-bond acceptors (Lipinski definition) is 5. The number of allylic oxidation sites excluding steroid dienone is 14. The molecule has 6 nitrogen and oxygen atoms in total. The molecule has 3 unspecified atom stereocenters. The van der Waals surface area contributed by atoms with Gasteiger partial charge in [-0.3, -0.25) is 9.59 Å². The van der Waals surface area contributed by atoms with Crippen LogP contribution in [0.1, 0.15) is 220 Å². The maximum Gasteiger partial charge on any atom is 0.306 e. The molecule has 0 aromatic rings. The van der Waals surface area contributed by atoms with Crippen LogP contribution in [0.2, 0.25) is 0 Å². The number of amides is 1. The van der Waals surface area contributed by atoms with Crippen LogP contribution in [0.5, 0.6) is 0 Å². The highest BCUT2D eigenvalue weighted by molar-refractivity contribution is 5.77. The third-order valence-electron chi connectivity index (χ3n) is 10.9. The van der Waals surface area contributed by atoms with E-state index < -0.39 is 18.2 Å². The lowest BCUT2D eigenvalue weighted by atomic mass is 10.0. The number of carbonyl (C=O) groups is 2. The summed E-state index contributed by atoms with van der Waals surface area (Å²) in [5.41, 5.74) is 0.